The van der Waals surface area contributed by atoms with E-state index in [9.17, 15) is 4.79 Å². The van der Waals surface area contributed by atoms with Crippen LogP contribution < -0.4 is 5.56 Å². The lowest BCUT2D eigenvalue weighted by Crippen LogP contribution is -2.17. The van der Waals surface area contributed by atoms with Gasteiger partial charge in [0.15, 0.2) is 0 Å². The van der Waals surface area contributed by atoms with Crippen LogP contribution in [0.5, 0.6) is 0 Å². The highest BCUT2D eigenvalue weighted by Crippen LogP contribution is 2.40. The van der Waals surface area contributed by atoms with Crippen LogP contribution in [0.1, 0.15) is 37.2 Å². The minimum absolute atomic E-state index is 0.0270. The van der Waals surface area contributed by atoms with Crippen molar-refractivity contribution >= 4 is 34.4 Å². The number of hydrogen-bond acceptors (Lipinski definition) is 3. The second-order valence-corrected chi connectivity index (χ2v) is 5.98. The largest absolute Gasteiger partial charge is 0.309 e. The van der Waals surface area contributed by atoms with Gasteiger partial charge in [0.25, 0.3) is 5.56 Å². The maximum absolute atomic E-state index is 11.6. The minimum Gasteiger partial charge on any atom is -0.309 e. The zero-order valence-electron chi connectivity index (χ0n) is 8.55. The number of aromatic amines is 1. The molecule has 1 aromatic rings. The molecule has 0 spiro atoms. The third-order valence-electron chi connectivity index (χ3n) is 2.34. The second kappa shape index (κ2) is 4.86. The molecule has 1 heterocycles. The number of H-pyrrole nitrogens is 1. The Morgan fingerprint density at radius 1 is 1.60 bits per heavy atom. The molecule has 0 bridgehead atoms. The lowest BCUT2D eigenvalue weighted by Gasteiger charge is -2.04. The van der Waals surface area contributed by atoms with Gasteiger partial charge >= 0.3 is 0 Å². The fraction of sp³-hybridized carbons (Fsp3) is 0.600. The Balaban J connectivity index is 2.29. The van der Waals surface area contributed by atoms with Crippen molar-refractivity contribution in [1.29, 1.82) is 0 Å². The number of rotatable bonds is 4. The van der Waals surface area contributed by atoms with Crippen molar-refractivity contribution < 1.29 is 0 Å². The highest BCUT2D eigenvalue weighted by molar-refractivity contribution is 14.1. The van der Waals surface area contributed by atoms with Crippen LogP contribution in [0.2, 0.25) is 0 Å². The molecule has 0 aromatic carbocycles. The normalized spacial score (nSPS) is 15.6. The Kier molecular flexibility index (Phi) is 3.71. The van der Waals surface area contributed by atoms with E-state index >= 15 is 0 Å². The molecule has 1 N–H and O–H groups in total. The third-order valence-corrected chi connectivity index (χ3v) is 4.27. The van der Waals surface area contributed by atoms with Crippen LogP contribution in [0.15, 0.2) is 4.79 Å². The van der Waals surface area contributed by atoms with Crippen molar-refractivity contribution in [3.8, 4) is 0 Å². The Bertz CT molecular complexity index is 414. The lowest BCUT2D eigenvalue weighted by molar-refractivity contribution is 0.897. The first kappa shape index (κ1) is 11.4. The summed E-state index contributed by atoms with van der Waals surface area (Å²) in [6.45, 7) is 2.11. The van der Waals surface area contributed by atoms with E-state index in [1.54, 1.807) is 11.8 Å². The average molecular weight is 336 g/mol. The van der Waals surface area contributed by atoms with Crippen LogP contribution in [-0.2, 0) is 5.75 Å². The van der Waals surface area contributed by atoms with Crippen LogP contribution in [0.4, 0.5) is 0 Å². The first-order valence-electron chi connectivity index (χ1n) is 5.08. The van der Waals surface area contributed by atoms with E-state index in [0.717, 1.165) is 26.6 Å². The predicted octanol–water partition coefficient (Wildman–Crippen LogP) is 2.51. The number of thioether (sulfide) groups is 1. The Morgan fingerprint density at radius 3 is 2.93 bits per heavy atom. The predicted molar refractivity (Wildman–Crippen MR) is 71.4 cm³/mol. The van der Waals surface area contributed by atoms with E-state index < -0.39 is 0 Å². The molecule has 0 radical (unpaired) electrons. The van der Waals surface area contributed by atoms with Gasteiger partial charge in [-0.1, -0.05) is 6.92 Å². The summed E-state index contributed by atoms with van der Waals surface area (Å²) < 4.78 is 0.778. The van der Waals surface area contributed by atoms with Gasteiger partial charge in [-0.15, -0.1) is 0 Å². The van der Waals surface area contributed by atoms with Crippen LogP contribution in [0, 0.1) is 3.57 Å². The molecule has 2 rings (SSSR count). The number of aromatic nitrogens is 2. The first-order valence-corrected chi connectivity index (χ1v) is 7.32. The molecule has 0 unspecified atom stereocenters. The van der Waals surface area contributed by atoms with Crippen molar-refractivity contribution in [1.82, 2.24) is 9.97 Å². The van der Waals surface area contributed by atoms with Gasteiger partial charge in [-0.05, 0) is 41.2 Å². The van der Waals surface area contributed by atoms with Crippen molar-refractivity contribution in [3.05, 3.63) is 25.4 Å². The SMILES string of the molecule is CCSCc1nc(C2CC2)c(I)c(=O)[nH]1. The van der Waals surface area contributed by atoms with Crippen molar-refractivity contribution in [3.63, 3.8) is 0 Å². The molecule has 3 nitrogen and oxygen atoms in total. The van der Waals surface area contributed by atoms with Crippen molar-refractivity contribution in [2.24, 2.45) is 0 Å². The fourth-order valence-electron chi connectivity index (χ4n) is 1.42. The summed E-state index contributed by atoms with van der Waals surface area (Å²) in [5, 5.41) is 0. The Morgan fingerprint density at radius 2 is 2.33 bits per heavy atom. The van der Waals surface area contributed by atoms with E-state index in [2.05, 4.69) is 39.5 Å². The second-order valence-electron chi connectivity index (χ2n) is 3.62. The fourth-order valence-corrected chi connectivity index (χ4v) is 2.65. The minimum atomic E-state index is 0.0270. The zero-order valence-corrected chi connectivity index (χ0v) is 11.5. The van der Waals surface area contributed by atoms with Crippen molar-refractivity contribution in [2.75, 3.05) is 5.75 Å². The monoisotopic (exact) mass is 336 g/mol. The van der Waals surface area contributed by atoms with Gasteiger partial charge < -0.3 is 4.98 Å². The number of hydrogen-bond donors (Lipinski definition) is 1. The molecule has 0 saturated heterocycles. The molecular formula is C10H13IN2OS. The van der Waals surface area contributed by atoms with E-state index in [0.29, 0.717) is 5.92 Å². The standard InChI is InChI=1S/C10H13IN2OS/c1-2-15-5-7-12-9(6-3-4-6)8(11)10(14)13-7/h6H,2-5H2,1H3,(H,12,13,14). The van der Waals surface area contributed by atoms with Crippen LogP contribution in [-0.4, -0.2) is 15.7 Å². The van der Waals surface area contributed by atoms with Gasteiger partial charge in [0.05, 0.1) is 15.0 Å². The van der Waals surface area contributed by atoms with Gasteiger partial charge in [0.1, 0.15) is 5.82 Å². The molecule has 1 aliphatic rings. The Hall–Kier alpha value is -0.0400. The highest BCUT2D eigenvalue weighted by atomic mass is 127. The summed E-state index contributed by atoms with van der Waals surface area (Å²) in [7, 11) is 0. The molecule has 82 valence electrons. The summed E-state index contributed by atoms with van der Waals surface area (Å²) in [6, 6.07) is 0. The van der Waals surface area contributed by atoms with Gasteiger partial charge in [-0.2, -0.15) is 11.8 Å². The highest BCUT2D eigenvalue weighted by Gasteiger charge is 2.28. The number of nitrogens with one attached hydrogen (secondary N) is 1. The summed E-state index contributed by atoms with van der Waals surface area (Å²) in [6.07, 6.45) is 2.37. The van der Waals surface area contributed by atoms with Crippen LogP contribution >= 0.6 is 34.4 Å². The quantitative estimate of drug-likeness (QED) is 0.860. The van der Waals surface area contributed by atoms with Gasteiger partial charge in [0, 0.05) is 5.92 Å². The maximum atomic E-state index is 11.6. The maximum Gasteiger partial charge on any atom is 0.264 e. The molecule has 5 heteroatoms. The summed E-state index contributed by atoms with van der Waals surface area (Å²) in [5.74, 6) is 3.23. The van der Waals surface area contributed by atoms with Gasteiger partial charge in [0.2, 0.25) is 0 Å². The topological polar surface area (TPSA) is 45.8 Å². The molecule has 0 atom stereocenters. The van der Waals surface area contributed by atoms with E-state index in [-0.39, 0.29) is 5.56 Å². The smallest absolute Gasteiger partial charge is 0.264 e. The van der Waals surface area contributed by atoms with Crippen LogP contribution in [0.25, 0.3) is 0 Å². The molecule has 1 saturated carbocycles. The van der Waals surface area contributed by atoms with E-state index in [4.69, 9.17) is 0 Å². The van der Waals surface area contributed by atoms with E-state index in [1.807, 2.05) is 0 Å². The summed E-state index contributed by atoms with van der Waals surface area (Å²) >= 11 is 3.88. The van der Waals surface area contributed by atoms with Gasteiger partial charge in [-0.3, -0.25) is 4.79 Å². The molecule has 1 fully saturated rings. The molecule has 1 aromatic heterocycles. The molecule has 1 aliphatic carbocycles. The Labute approximate surface area is 107 Å². The molecule has 15 heavy (non-hydrogen) atoms. The number of halogens is 1. The summed E-state index contributed by atoms with van der Waals surface area (Å²) in [5.41, 5.74) is 1.05. The first-order chi connectivity index (χ1) is 7.22. The molecular weight excluding hydrogens is 323 g/mol. The molecule has 0 aliphatic heterocycles. The number of nitrogens with zero attached hydrogens (tertiary/aromatic N) is 1. The summed E-state index contributed by atoms with van der Waals surface area (Å²) in [4.78, 5) is 19.0. The average Bonchev–Trinajstić information content (AvgIpc) is 3.03. The third kappa shape index (κ3) is 2.75. The zero-order chi connectivity index (χ0) is 10.8. The van der Waals surface area contributed by atoms with E-state index in [1.165, 1.54) is 12.8 Å². The van der Waals surface area contributed by atoms with Crippen LogP contribution in [0.3, 0.4) is 0 Å². The van der Waals surface area contributed by atoms with Crippen molar-refractivity contribution in [2.45, 2.75) is 31.4 Å². The lowest BCUT2D eigenvalue weighted by atomic mass is 10.3. The van der Waals surface area contributed by atoms with Gasteiger partial charge in [-0.25, -0.2) is 4.98 Å². The molecule has 0 amide bonds.